The molecule has 1 aromatic rings. The van der Waals surface area contributed by atoms with E-state index in [2.05, 4.69) is 25.1 Å². The number of hydrogen-bond donors (Lipinski definition) is 2. The van der Waals surface area contributed by atoms with Crippen LogP contribution in [0.15, 0.2) is 18.2 Å². The first-order chi connectivity index (χ1) is 5.68. The maximum atomic E-state index is 5.93. The summed E-state index contributed by atoms with van der Waals surface area (Å²) in [4.78, 5) is 0. The van der Waals surface area contributed by atoms with Crippen molar-refractivity contribution in [3.8, 4) is 0 Å². The predicted octanol–water partition coefficient (Wildman–Crippen LogP) is 0.878. The molecule has 2 heteroatoms. The van der Waals surface area contributed by atoms with Crippen LogP contribution in [0.3, 0.4) is 0 Å². The Hall–Kier alpha value is -0.860. The number of fused-ring (bicyclic) bond motifs is 1. The lowest BCUT2D eigenvalue weighted by molar-refractivity contribution is 0.593. The standard InChI is InChI=1S/C10H14N2/c1-6-2-3-7-5-9(11)10(12)8(7)4-6/h2-4,9-10H,5,11-12H2,1H3. The molecule has 0 radical (unpaired) electrons. The highest BCUT2D eigenvalue weighted by Crippen LogP contribution is 2.28. The van der Waals surface area contributed by atoms with E-state index in [-0.39, 0.29) is 12.1 Å². The minimum atomic E-state index is 0.0416. The SMILES string of the molecule is Cc1ccc2c(c1)C(N)C(N)C2. The molecule has 2 nitrogen and oxygen atoms in total. The largest absolute Gasteiger partial charge is 0.326 e. The van der Waals surface area contributed by atoms with Crippen molar-refractivity contribution in [3.63, 3.8) is 0 Å². The van der Waals surface area contributed by atoms with Crippen LogP contribution in [0.4, 0.5) is 0 Å². The molecule has 2 atom stereocenters. The van der Waals surface area contributed by atoms with Gasteiger partial charge in [-0.2, -0.15) is 0 Å². The van der Waals surface area contributed by atoms with E-state index in [1.165, 1.54) is 16.7 Å². The van der Waals surface area contributed by atoms with E-state index in [1.54, 1.807) is 0 Å². The lowest BCUT2D eigenvalue weighted by Crippen LogP contribution is -2.30. The van der Waals surface area contributed by atoms with Gasteiger partial charge >= 0.3 is 0 Å². The molecular weight excluding hydrogens is 148 g/mol. The van der Waals surface area contributed by atoms with Gasteiger partial charge in [0.15, 0.2) is 0 Å². The fraction of sp³-hybridized carbons (Fsp3) is 0.400. The van der Waals surface area contributed by atoms with Crippen LogP contribution in [0.25, 0.3) is 0 Å². The molecule has 0 amide bonds. The first-order valence-corrected chi connectivity index (χ1v) is 4.29. The highest BCUT2D eigenvalue weighted by Gasteiger charge is 2.26. The van der Waals surface area contributed by atoms with Crippen LogP contribution in [0.2, 0.25) is 0 Å². The van der Waals surface area contributed by atoms with Crippen LogP contribution in [0.1, 0.15) is 22.7 Å². The summed E-state index contributed by atoms with van der Waals surface area (Å²) in [7, 11) is 0. The number of rotatable bonds is 0. The van der Waals surface area contributed by atoms with Crippen molar-refractivity contribution in [2.24, 2.45) is 11.5 Å². The van der Waals surface area contributed by atoms with E-state index in [0.29, 0.717) is 0 Å². The predicted molar refractivity (Wildman–Crippen MR) is 49.8 cm³/mol. The van der Waals surface area contributed by atoms with E-state index in [0.717, 1.165) is 6.42 Å². The Morgan fingerprint density at radius 2 is 2.08 bits per heavy atom. The zero-order chi connectivity index (χ0) is 8.72. The second kappa shape index (κ2) is 2.57. The van der Waals surface area contributed by atoms with Gasteiger partial charge in [-0.3, -0.25) is 0 Å². The maximum Gasteiger partial charge on any atom is 0.0454 e. The monoisotopic (exact) mass is 162 g/mol. The zero-order valence-corrected chi connectivity index (χ0v) is 7.25. The summed E-state index contributed by atoms with van der Waals surface area (Å²) in [5.41, 5.74) is 15.6. The summed E-state index contributed by atoms with van der Waals surface area (Å²) >= 11 is 0. The fourth-order valence-corrected chi connectivity index (χ4v) is 1.82. The van der Waals surface area contributed by atoms with Crippen LogP contribution in [-0.4, -0.2) is 6.04 Å². The number of nitrogens with two attached hydrogens (primary N) is 2. The van der Waals surface area contributed by atoms with Crippen molar-refractivity contribution in [2.45, 2.75) is 25.4 Å². The summed E-state index contributed by atoms with van der Waals surface area (Å²) in [5.74, 6) is 0. The van der Waals surface area contributed by atoms with Crippen molar-refractivity contribution in [1.29, 1.82) is 0 Å². The van der Waals surface area contributed by atoms with E-state index in [9.17, 15) is 0 Å². The first-order valence-electron chi connectivity index (χ1n) is 4.29. The zero-order valence-electron chi connectivity index (χ0n) is 7.25. The van der Waals surface area contributed by atoms with Crippen LogP contribution in [0.5, 0.6) is 0 Å². The Morgan fingerprint density at radius 1 is 1.33 bits per heavy atom. The Kier molecular flexibility index (Phi) is 1.67. The van der Waals surface area contributed by atoms with Gasteiger partial charge in [0.05, 0.1) is 0 Å². The highest BCUT2D eigenvalue weighted by molar-refractivity contribution is 5.39. The quantitative estimate of drug-likeness (QED) is 0.595. The molecule has 0 saturated heterocycles. The second-order valence-electron chi connectivity index (χ2n) is 3.60. The van der Waals surface area contributed by atoms with Crippen molar-refractivity contribution < 1.29 is 0 Å². The van der Waals surface area contributed by atoms with Crippen molar-refractivity contribution >= 4 is 0 Å². The van der Waals surface area contributed by atoms with Gasteiger partial charge in [0.25, 0.3) is 0 Å². The van der Waals surface area contributed by atoms with Crippen LogP contribution in [0, 0.1) is 6.92 Å². The van der Waals surface area contributed by atoms with Gasteiger partial charge in [-0.15, -0.1) is 0 Å². The molecule has 0 aromatic heterocycles. The summed E-state index contributed by atoms with van der Waals surface area (Å²) in [6.45, 7) is 2.08. The average Bonchev–Trinajstić information content (AvgIpc) is 2.31. The Morgan fingerprint density at radius 3 is 2.83 bits per heavy atom. The van der Waals surface area contributed by atoms with Crippen molar-refractivity contribution in [3.05, 3.63) is 34.9 Å². The molecule has 0 spiro atoms. The molecule has 2 rings (SSSR count). The highest BCUT2D eigenvalue weighted by atomic mass is 14.8. The number of benzene rings is 1. The molecule has 0 saturated carbocycles. The van der Waals surface area contributed by atoms with Crippen LogP contribution < -0.4 is 11.5 Å². The van der Waals surface area contributed by atoms with Gasteiger partial charge in [-0.05, 0) is 24.5 Å². The van der Waals surface area contributed by atoms with Crippen LogP contribution >= 0.6 is 0 Å². The van der Waals surface area contributed by atoms with Crippen molar-refractivity contribution in [2.75, 3.05) is 0 Å². The van der Waals surface area contributed by atoms with Gasteiger partial charge in [0, 0.05) is 12.1 Å². The lowest BCUT2D eigenvalue weighted by atomic mass is 10.1. The smallest absolute Gasteiger partial charge is 0.0454 e. The van der Waals surface area contributed by atoms with E-state index in [4.69, 9.17) is 11.5 Å². The van der Waals surface area contributed by atoms with Gasteiger partial charge in [-0.25, -0.2) is 0 Å². The number of hydrogen-bond acceptors (Lipinski definition) is 2. The minimum Gasteiger partial charge on any atom is -0.326 e. The fourth-order valence-electron chi connectivity index (χ4n) is 1.82. The third kappa shape index (κ3) is 1.04. The van der Waals surface area contributed by atoms with Gasteiger partial charge in [-0.1, -0.05) is 23.8 Å². The molecule has 0 aliphatic heterocycles. The Labute approximate surface area is 72.6 Å². The summed E-state index contributed by atoms with van der Waals surface area (Å²) < 4.78 is 0. The molecule has 1 aromatic carbocycles. The molecule has 1 aliphatic rings. The van der Waals surface area contributed by atoms with Gasteiger partial charge in [0.1, 0.15) is 0 Å². The summed E-state index contributed by atoms with van der Waals surface area (Å²) in [5, 5.41) is 0. The first kappa shape index (κ1) is 7.77. The molecule has 0 fully saturated rings. The molecule has 4 N–H and O–H groups in total. The topological polar surface area (TPSA) is 52.0 Å². The van der Waals surface area contributed by atoms with E-state index in [1.807, 2.05) is 0 Å². The molecule has 12 heavy (non-hydrogen) atoms. The van der Waals surface area contributed by atoms with E-state index < -0.39 is 0 Å². The molecule has 0 bridgehead atoms. The van der Waals surface area contributed by atoms with Gasteiger partial charge < -0.3 is 11.5 Å². The van der Waals surface area contributed by atoms with E-state index >= 15 is 0 Å². The van der Waals surface area contributed by atoms with Crippen molar-refractivity contribution in [1.82, 2.24) is 0 Å². The minimum absolute atomic E-state index is 0.0416. The van der Waals surface area contributed by atoms with Gasteiger partial charge in [0.2, 0.25) is 0 Å². The summed E-state index contributed by atoms with van der Waals surface area (Å²) in [6.07, 6.45) is 0.927. The van der Waals surface area contributed by atoms with Crippen LogP contribution in [-0.2, 0) is 6.42 Å². The molecular formula is C10H14N2. The second-order valence-corrected chi connectivity index (χ2v) is 3.60. The molecule has 0 heterocycles. The normalized spacial score (nSPS) is 27.2. The average molecular weight is 162 g/mol. The lowest BCUT2D eigenvalue weighted by Gasteiger charge is -2.09. The molecule has 64 valence electrons. The third-order valence-corrected chi connectivity index (χ3v) is 2.58. The maximum absolute atomic E-state index is 5.93. The number of aryl methyl sites for hydroxylation is 1. The molecule has 1 aliphatic carbocycles. The third-order valence-electron chi connectivity index (χ3n) is 2.58. The summed E-state index contributed by atoms with van der Waals surface area (Å²) in [6, 6.07) is 6.55. The Balaban J connectivity index is 2.48. The Bertz CT molecular complexity index is 307. The molecule has 2 unspecified atom stereocenters.